The SMILES string of the molecule is CCOc1ccc(N2C[C@@H](C(=O)Nc3cnn(C)c3)CC2=O)cc1. The van der Waals surface area contributed by atoms with E-state index in [1.54, 1.807) is 29.0 Å². The zero-order valence-electron chi connectivity index (χ0n) is 13.7. The van der Waals surface area contributed by atoms with Crippen LogP contribution in [0.2, 0.25) is 0 Å². The number of carbonyl (C=O) groups is 2. The van der Waals surface area contributed by atoms with Crippen LogP contribution < -0.4 is 15.0 Å². The molecule has 2 amide bonds. The molecule has 24 heavy (non-hydrogen) atoms. The van der Waals surface area contributed by atoms with Gasteiger partial charge in [-0.3, -0.25) is 14.3 Å². The van der Waals surface area contributed by atoms with Crippen molar-refractivity contribution in [1.29, 1.82) is 0 Å². The molecule has 1 aliphatic rings. The molecule has 0 spiro atoms. The van der Waals surface area contributed by atoms with Gasteiger partial charge in [0.15, 0.2) is 0 Å². The standard InChI is InChI=1S/C17H20N4O3/c1-3-24-15-6-4-14(5-7-15)21-10-12(8-16(21)22)17(23)19-13-9-18-20(2)11-13/h4-7,9,11-12H,3,8,10H2,1-2H3,(H,19,23)/t12-/m0/s1. The van der Waals surface area contributed by atoms with Crippen molar-refractivity contribution in [3.63, 3.8) is 0 Å². The second-order valence-electron chi connectivity index (χ2n) is 5.72. The lowest BCUT2D eigenvalue weighted by Gasteiger charge is -2.17. The molecule has 1 atom stereocenters. The topological polar surface area (TPSA) is 76.5 Å². The number of aryl methyl sites for hydroxylation is 1. The molecule has 0 radical (unpaired) electrons. The van der Waals surface area contributed by atoms with Crippen molar-refractivity contribution in [2.24, 2.45) is 13.0 Å². The Hall–Kier alpha value is -2.83. The van der Waals surface area contributed by atoms with E-state index >= 15 is 0 Å². The molecule has 7 nitrogen and oxygen atoms in total. The van der Waals surface area contributed by atoms with E-state index in [9.17, 15) is 9.59 Å². The van der Waals surface area contributed by atoms with Crippen LogP contribution in [0.5, 0.6) is 5.75 Å². The van der Waals surface area contributed by atoms with E-state index < -0.39 is 0 Å². The number of hydrogen-bond acceptors (Lipinski definition) is 4. The second kappa shape index (κ2) is 6.74. The molecule has 1 fully saturated rings. The minimum absolute atomic E-state index is 0.0505. The van der Waals surface area contributed by atoms with Gasteiger partial charge in [-0.05, 0) is 31.2 Å². The number of amides is 2. The van der Waals surface area contributed by atoms with Gasteiger partial charge in [-0.1, -0.05) is 0 Å². The zero-order valence-corrected chi connectivity index (χ0v) is 13.7. The van der Waals surface area contributed by atoms with Crippen LogP contribution in [0.4, 0.5) is 11.4 Å². The molecule has 0 unspecified atom stereocenters. The molecule has 1 aliphatic heterocycles. The molecular formula is C17H20N4O3. The number of nitrogens with zero attached hydrogens (tertiary/aromatic N) is 3. The van der Waals surface area contributed by atoms with Gasteiger partial charge in [0.05, 0.1) is 24.4 Å². The lowest BCUT2D eigenvalue weighted by molar-refractivity contribution is -0.122. The number of carbonyl (C=O) groups excluding carboxylic acids is 2. The Kier molecular flexibility index (Phi) is 4.50. The Labute approximate surface area is 140 Å². The Morgan fingerprint density at radius 1 is 1.38 bits per heavy atom. The van der Waals surface area contributed by atoms with E-state index in [2.05, 4.69) is 10.4 Å². The Morgan fingerprint density at radius 2 is 2.12 bits per heavy atom. The number of aromatic nitrogens is 2. The minimum Gasteiger partial charge on any atom is -0.494 e. The van der Waals surface area contributed by atoms with Gasteiger partial charge in [0.25, 0.3) is 0 Å². The second-order valence-corrected chi connectivity index (χ2v) is 5.72. The first-order chi connectivity index (χ1) is 11.6. The monoisotopic (exact) mass is 328 g/mol. The predicted molar refractivity (Wildman–Crippen MR) is 89.9 cm³/mol. The molecule has 3 rings (SSSR count). The summed E-state index contributed by atoms with van der Waals surface area (Å²) in [5.41, 5.74) is 1.41. The Bertz CT molecular complexity index is 739. The molecule has 0 saturated carbocycles. The molecule has 0 aliphatic carbocycles. The summed E-state index contributed by atoms with van der Waals surface area (Å²) in [5, 5.41) is 6.81. The molecule has 1 aromatic heterocycles. The number of rotatable bonds is 5. The van der Waals surface area contributed by atoms with Crippen molar-refractivity contribution in [2.75, 3.05) is 23.4 Å². The van der Waals surface area contributed by atoms with E-state index in [-0.39, 0.29) is 24.2 Å². The van der Waals surface area contributed by atoms with Crippen LogP contribution in [-0.2, 0) is 16.6 Å². The van der Waals surface area contributed by atoms with Crippen LogP contribution in [0.1, 0.15) is 13.3 Å². The van der Waals surface area contributed by atoms with Gasteiger partial charge < -0.3 is 15.0 Å². The van der Waals surface area contributed by atoms with Crippen LogP contribution in [0.25, 0.3) is 0 Å². The molecule has 0 bridgehead atoms. The van der Waals surface area contributed by atoms with Gasteiger partial charge in [-0.15, -0.1) is 0 Å². The van der Waals surface area contributed by atoms with Crippen molar-refractivity contribution < 1.29 is 14.3 Å². The molecule has 1 N–H and O–H groups in total. The van der Waals surface area contributed by atoms with E-state index in [4.69, 9.17) is 4.74 Å². The number of hydrogen-bond donors (Lipinski definition) is 1. The van der Waals surface area contributed by atoms with E-state index in [0.29, 0.717) is 18.8 Å². The summed E-state index contributed by atoms with van der Waals surface area (Å²) in [5.74, 6) is 0.179. The fourth-order valence-electron chi connectivity index (χ4n) is 2.75. The number of anilines is 2. The summed E-state index contributed by atoms with van der Waals surface area (Å²) >= 11 is 0. The maximum atomic E-state index is 12.3. The van der Waals surface area contributed by atoms with Crippen molar-refractivity contribution >= 4 is 23.2 Å². The van der Waals surface area contributed by atoms with E-state index in [0.717, 1.165) is 11.4 Å². The van der Waals surface area contributed by atoms with Gasteiger partial charge in [-0.25, -0.2) is 0 Å². The molecule has 7 heteroatoms. The summed E-state index contributed by atoms with van der Waals surface area (Å²) in [6, 6.07) is 7.33. The summed E-state index contributed by atoms with van der Waals surface area (Å²) in [4.78, 5) is 26.2. The average Bonchev–Trinajstić information content (AvgIpc) is 3.14. The highest BCUT2D eigenvalue weighted by atomic mass is 16.5. The predicted octanol–water partition coefficient (Wildman–Crippen LogP) is 1.81. The lowest BCUT2D eigenvalue weighted by atomic mass is 10.1. The average molecular weight is 328 g/mol. The summed E-state index contributed by atoms with van der Waals surface area (Å²) in [6.07, 6.45) is 3.51. The Morgan fingerprint density at radius 3 is 2.75 bits per heavy atom. The maximum Gasteiger partial charge on any atom is 0.229 e. The molecule has 1 saturated heterocycles. The fourth-order valence-corrected chi connectivity index (χ4v) is 2.75. The van der Waals surface area contributed by atoms with Crippen LogP contribution in [0, 0.1) is 5.92 Å². The minimum atomic E-state index is -0.371. The smallest absolute Gasteiger partial charge is 0.229 e. The van der Waals surface area contributed by atoms with Crippen LogP contribution in [0.15, 0.2) is 36.7 Å². The quantitative estimate of drug-likeness (QED) is 0.908. The highest BCUT2D eigenvalue weighted by Crippen LogP contribution is 2.27. The van der Waals surface area contributed by atoms with Crippen molar-refractivity contribution in [3.8, 4) is 5.75 Å². The third kappa shape index (κ3) is 3.40. The summed E-state index contributed by atoms with van der Waals surface area (Å²) < 4.78 is 7.02. The third-order valence-corrected chi connectivity index (χ3v) is 3.93. The fraction of sp³-hybridized carbons (Fsp3) is 0.353. The highest BCUT2D eigenvalue weighted by molar-refractivity contribution is 6.03. The van der Waals surface area contributed by atoms with E-state index in [1.165, 1.54) is 0 Å². The Balaban J connectivity index is 1.65. The van der Waals surface area contributed by atoms with Gasteiger partial charge in [-0.2, -0.15) is 5.10 Å². The van der Waals surface area contributed by atoms with Crippen molar-refractivity contribution in [2.45, 2.75) is 13.3 Å². The van der Waals surface area contributed by atoms with Gasteiger partial charge >= 0.3 is 0 Å². The first-order valence-electron chi connectivity index (χ1n) is 7.89. The summed E-state index contributed by atoms with van der Waals surface area (Å²) in [6.45, 7) is 2.89. The number of ether oxygens (including phenoxy) is 1. The largest absolute Gasteiger partial charge is 0.494 e. The van der Waals surface area contributed by atoms with Crippen LogP contribution in [-0.4, -0.2) is 34.7 Å². The van der Waals surface area contributed by atoms with Crippen molar-refractivity contribution in [3.05, 3.63) is 36.7 Å². The summed E-state index contributed by atoms with van der Waals surface area (Å²) in [7, 11) is 1.78. The molecule has 126 valence electrons. The maximum absolute atomic E-state index is 12.3. The van der Waals surface area contributed by atoms with Gasteiger partial charge in [0, 0.05) is 31.9 Å². The molecular weight excluding hydrogens is 308 g/mol. The first-order valence-corrected chi connectivity index (χ1v) is 7.89. The number of benzene rings is 1. The molecule has 2 aromatic rings. The third-order valence-electron chi connectivity index (χ3n) is 3.93. The lowest BCUT2D eigenvalue weighted by Crippen LogP contribution is -2.28. The zero-order chi connectivity index (χ0) is 17.1. The van der Waals surface area contributed by atoms with Crippen molar-refractivity contribution in [1.82, 2.24) is 9.78 Å². The first kappa shape index (κ1) is 16.0. The van der Waals surface area contributed by atoms with Crippen LogP contribution >= 0.6 is 0 Å². The molecule has 1 aromatic carbocycles. The number of nitrogens with one attached hydrogen (secondary N) is 1. The van der Waals surface area contributed by atoms with E-state index in [1.807, 2.05) is 31.2 Å². The van der Waals surface area contributed by atoms with Gasteiger partial charge in [0.2, 0.25) is 11.8 Å². The highest BCUT2D eigenvalue weighted by Gasteiger charge is 2.35. The van der Waals surface area contributed by atoms with Crippen LogP contribution in [0.3, 0.4) is 0 Å². The normalized spacial score (nSPS) is 17.2. The molecule has 2 heterocycles. The van der Waals surface area contributed by atoms with Gasteiger partial charge in [0.1, 0.15) is 5.75 Å².